The molecule has 0 radical (unpaired) electrons. The number of carbonyl (C=O) groups excluding carboxylic acids is 2. The molecule has 1 aromatic carbocycles. The molecule has 2 aromatic rings. The number of anilines is 2. The van der Waals surface area contributed by atoms with Crippen LogP contribution in [0.15, 0.2) is 18.2 Å². The van der Waals surface area contributed by atoms with E-state index in [0.717, 1.165) is 34.1 Å². The summed E-state index contributed by atoms with van der Waals surface area (Å²) >= 11 is 1.44. The molecule has 0 bridgehead atoms. The average molecular weight is 346 g/mol. The van der Waals surface area contributed by atoms with Gasteiger partial charge >= 0.3 is 0 Å². The van der Waals surface area contributed by atoms with Gasteiger partial charge in [0.15, 0.2) is 0 Å². The number of amides is 2. The molecule has 0 spiro atoms. The van der Waals surface area contributed by atoms with Crippen LogP contribution in [-0.4, -0.2) is 28.6 Å². The number of nitrogens with one attached hydrogen (secondary N) is 2. The van der Waals surface area contributed by atoms with Gasteiger partial charge in [0.1, 0.15) is 23.2 Å². The second-order valence-corrected chi connectivity index (χ2v) is 6.80. The Kier molecular flexibility index (Phi) is 5.17. The van der Waals surface area contributed by atoms with Gasteiger partial charge in [-0.2, -0.15) is 0 Å². The molecule has 2 amide bonds. The van der Waals surface area contributed by atoms with E-state index >= 15 is 0 Å². The van der Waals surface area contributed by atoms with Gasteiger partial charge in [0.25, 0.3) is 0 Å². The fourth-order valence-electron chi connectivity index (χ4n) is 2.46. The number of benzene rings is 1. The van der Waals surface area contributed by atoms with Crippen molar-refractivity contribution >= 4 is 34.5 Å². The molecule has 0 atom stereocenters. The molecule has 24 heavy (non-hydrogen) atoms. The van der Waals surface area contributed by atoms with Crippen LogP contribution in [0.1, 0.15) is 28.4 Å². The van der Waals surface area contributed by atoms with Crippen LogP contribution in [0, 0.1) is 6.92 Å². The Morgan fingerprint density at radius 1 is 1.38 bits per heavy atom. The van der Waals surface area contributed by atoms with Crippen LogP contribution < -0.4 is 10.6 Å². The van der Waals surface area contributed by atoms with Crippen molar-refractivity contribution < 1.29 is 14.3 Å². The average Bonchev–Trinajstić information content (AvgIpc) is 2.85. The van der Waals surface area contributed by atoms with Gasteiger partial charge in [-0.1, -0.05) is 17.4 Å². The van der Waals surface area contributed by atoms with Gasteiger partial charge in [0.05, 0.1) is 0 Å². The zero-order valence-electron chi connectivity index (χ0n) is 13.3. The molecule has 0 saturated heterocycles. The number of hydrogen-bond acceptors (Lipinski definition) is 6. The molecule has 0 aliphatic carbocycles. The van der Waals surface area contributed by atoms with Crippen molar-refractivity contribution in [2.45, 2.75) is 32.8 Å². The highest BCUT2D eigenvalue weighted by molar-refractivity contribution is 7.11. The molecule has 126 valence electrons. The minimum absolute atomic E-state index is 0.00732. The summed E-state index contributed by atoms with van der Waals surface area (Å²) in [7, 11) is 0. The van der Waals surface area contributed by atoms with Crippen molar-refractivity contribution in [3.8, 4) is 0 Å². The first kappa shape index (κ1) is 16.5. The molecule has 1 aliphatic rings. The highest BCUT2D eigenvalue weighted by Crippen LogP contribution is 2.25. The summed E-state index contributed by atoms with van der Waals surface area (Å²) in [5, 5.41) is 15.1. The predicted octanol–water partition coefficient (Wildman–Crippen LogP) is 2.28. The monoisotopic (exact) mass is 346 g/mol. The second-order valence-electron chi connectivity index (χ2n) is 5.53. The van der Waals surface area contributed by atoms with Gasteiger partial charge in [0, 0.05) is 17.8 Å². The number of fused-ring (bicyclic) bond motifs is 1. The molecule has 3 rings (SSSR count). The Morgan fingerprint density at radius 2 is 2.25 bits per heavy atom. The third-order valence-electron chi connectivity index (χ3n) is 3.54. The Labute approximate surface area is 143 Å². The Bertz CT molecular complexity index is 760. The standard InChI is InChI=1S/C16H18N4O3S/c1-10-19-20-16(24-10)9-23-8-15(22)17-12-6-5-11-3-2-4-14(21)18-13(11)7-12/h5-7H,2-4,8-9H2,1H3,(H,17,22)(H,18,21). The van der Waals surface area contributed by atoms with E-state index in [1.807, 2.05) is 19.1 Å². The lowest BCUT2D eigenvalue weighted by Gasteiger charge is -2.10. The highest BCUT2D eigenvalue weighted by atomic mass is 32.1. The number of carbonyl (C=O) groups is 2. The molecule has 0 unspecified atom stereocenters. The maximum Gasteiger partial charge on any atom is 0.250 e. The Hall–Kier alpha value is -2.32. The summed E-state index contributed by atoms with van der Waals surface area (Å²) in [6.45, 7) is 2.06. The van der Waals surface area contributed by atoms with Gasteiger partial charge in [-0.3, -0.25) is 9.59 Å². The fraction of sp³-hybridized carbons (Fsp3) is 0.375. The summed E-state index contributed by atoms with van der Waals surface area (Å²) in [5.74, 6) is -0.246. The minimum Gasteiger partial charge on any atom is -0.364 e. The second kappa shape index (κ2) is 7.50. The van der Waals surface area contributed by atoms with Crippen LogP contribution in [0.4, 0.5) is 11.4 Å². The molecule has 7 nitrogen and oxygen atoms in total. The van der Waals surface area contributed by atoms with Crippen LogP contribution >= 0.6 is 11.3 Å². The molecule has 8 heteroatoms. The van der Waals surface area contributed by atoms with Gasteiger partial charge in [-0.15, -0.1) is 10.2 Å². The number of ether oxygens (including phenoxy) is 1. The van der Waals surface area contributed by atoms with E-state index in [-0.39, 0.29) is 25.0 Å². The Morgan fingerprint density at radius 3 is 3.04 bits per heavy atom. The number of aryl methyl sites for hydroxylation is 2. The zero-order valence-corrected chi connectivity index (χ0v) is 14.1. The highest BCUT2D eigenvalue weighted by Gasteiger charge is 2.14. The number of nitrogens with zero attached hydrogens (tertiary/aromatic N) is 2. The first-order valence-corrected chi connectivity index (χ1v) is 8.51. The topological polar surface area (TPSA) is 93.2 Å². The molecule has 0 fully saturated rings. The van der Waals surface area contributed by atoms with Crippen molar-refractivity contribution in [2.24, 2.45) is 0 Å². The van der Waals surface area contributed by atoms with Crippen molar-refractivity contribution in [3.05, 3.63) is 33.8 Å². The normalized spacial score (nSPS) is 13.8. The number of rotatable bonds is 5. The largest absolute Gasteiger partial charge is 0.364 e. The van der Waals surface area contributed by atoms with Gasteiger partial charge < -0.3 is 15.4 Å². The fourth-order valence-corrected chi connectivity index (χ4v) is 3.11. The lowest BCUT2D eigenvalue weighted by atomic mass is 10.1. The first-order chi connectivity index (χ1) is 11.6. The molecular formula is C16H18N4O3S. The third kappa shape index (κ3) is 4.36. The summed E-state index contributed by atoms with van der Waals surface area (Å²) in [4.78, 5) is 23.6. The smallest absolute Gasteiger partial charge is 0.250 e. The van der Waals surface area contributed by atoms with Crippen molar-refractivity contribution in [1.82, 2.24) is 10.2 Å². The summed E-state index contributed by atoms with van der Waals surface area (Å²) in [6, 6.07) is 5.55. The third-order valence-corrected chi connectivity index (χ3v) is 4.36. The van der Waals surface area contributed by atoms with Crippen LogP contribution in [0.3, 0.4) is 0 Å². The number of aromatic nitrogens is 2. The van der Waals surface area contributed by atoms with Crippen molar-refractivity contribution in [3.63, 3.8) is 0 Å². The van der Waals surface area contributed by atoms with Crippen molar-refractivity contribution in [1.29, 1.82) is 0 Å². The maximum absolute atomic E-state index is 12.0. The summed E-state index contributed by atoms with van der Waals surface area (Å²) < 4.78 is 5.34. The lowest BCUT2D eigenvalue weighted by molar-refractivity contribution is -0.121. The SMILES string of the molecule is Cc1nnc(COCC(=O)Nc2ccc3c(c2)NC(=O)CCC3)s1. The van der Waals surface area contributed by atoms with E-state index in [1.165, 1.54) is 11.3 Å². The van der Waals surface area contributed by atoms with Crippen LogP contribution in [0.2, 0.25) is 0 Å². The minimum atomic E-state index is -0.254. The Balaban J connectivity index is 1.53. The van der Waals surface area contributed by atoms with E-state index in [0.29, 0.717) is 12.1 Å². The zero-order chi connectivity index (χ0) is 16.9. The van der Waals surface area contributed by atoms with Crippen LogP contribution in [0.5, 0.6) is 0 Å². The van der Waals surface area contributed by atoms with Crippen LogP contribution in [0.25, 0.3) is 0 Å². The van der Waals surface area contributed by atoms with Crippen molar-refractivity contribution in [2.75, 3.05) is 17.2 Å². The van der Waals surface area contributed by atoms with E-state index in [4.69, 9.17) is 4.74 Å². The van der Waals surface area contributed by atoms with Gasteiger partial charge in [-0.25, -0.2) is 0 Å². The van der Waals surface area contributed by atoms with E-state index in [1.54, 1.807) is 6.07 Å². The number of hydrogen-bond donors (Lipinski definition) is 2. The molecule has 1 aromatic heterocycles. The van der Waals surface area contributed by atoms with E-state index < -0.39 is 0 Å². The summed E-state index contributed by atoms with van der Waals surface area (Å²) in [6.07, 6.45) is 2.21. The first-order valence-electron chi connectivity index (χ1n) is 7.69. The van der Waals surface area contributed by atoms with E-state index in [2.05, 4.69) is 20.8 Å². The lowest BCUT2D eigenvalue weighted by Crippen LogP contribution is -2.18. The molecule has 2 N–H and O–H groups in total. The van der Waals surface area contributed by atoms with Gasteiger partial charge in [-0.05, 0) is 37.5 Å². The molecule has 1 aliphatic heterocycles. The molecular weight excluding hydrogens is 328 g/mol. The summed E-state index contributed by atoms with van der Waals surface area (Å²) in [5.41, 5.74) is 2.48. The molecule has 2 heterocycles. The molecule has 0 saturated carbocycles. The predicted molar refractivity (Wildman–Crippen MR) is 90.9 cm³/mol. The maximum atomic E-state index is 12.0. The van der Waals surface area contributed by atoms with Gasteiger partial charge in [0.2, 0.25) is 11.8 Å². The van der Waals surface area contributed by atoms with E-state index in [9.17, 15) is 9.59 Å². The van der Waals surface area contributed by atoms with Crippen LogP contribution in [-0.2, 0) is 27.4 Å². The quantitative estimate of drug-likeness (QED) is 0.866.